The number of imidazole rings is 1. The Bertz CT molecular complexity index is 831. The Kier molecular flexibility index (Phi) is 4.86. The molecule has 1 aromatic carbocycles. The molecule has 2 heterocycles. The predicted molar refractivity (Wildman–Crippen MR) is 100 cm³/mol. The summed E-state index contributed by atoms with van der Waals surface area (Å²) in [6.45, 7) is 9.46. The Morgan fingerprint density at radius 2 is 1.92 bits per heavy atom. The van der Waals surface area contributed by atoms with Crippen molar-refractivity contribution in [2.24, 2.45) is 0 Å². The molecule has 4 heteroatoms. The Balaban J connectivity index is 2.04. The van der Waals surface area contributed by atoms with Crippen LogP contribution in [0.4, 0.5) is 5.69 Å². The lowest BCUT2D eigenvalue weighted by molar-refractivity contribution is 0.290. The number of hydrogen-bond donors (Lipinski definition) is 1. The second-order valence-electron chi connectivity index (χ2n) is 6.32. The van der Waals surface area contributed by atoms with Crippen LogP contribution in [-0.2, 0) is 13.0 Å². The smallest absolute Gasteiger partial charge is 0.137 e. The number of aromatic nitrogens is 2. The highest BCUT2D eigenvalue weighted by atomic mass is 15.1. The van der Waals surface area contributed by atoms with Gasteiger partial charge in [-0.25, -0.2) is 4.98 Å². The van der Waals surface area contributed by atoms with Crippen molar-refractivity contribution in [2.45, 2.75) is 33.7 Å². The zero-order valence-electron chi connectivity index (χ0n) is 14.8. The average molecular weight is 322 g/mol. The van der Waals surface area contributed by atoms with Gasteiger partial charge in [-0.05, 0) is 37.7 Å². The molecule has 0 aliphatic rings. The van der Waals surface area contributed by atoms with Crippen molar-refractivity contribution in [2.75, 3.05) is 18.8 Å². The number of nitrogens with zero attached hydrogens (tertiary/aromatic N) is 3. The molecule has 2 N–H and O–H groups in total. The van der Waals surface area contributed by atoms with E-state index in [4.69, 9.17) is 10.7 Å². The fourth-order valence-corrected chi connectivity index (χ4v) is 3.14. The summed E-state index contributed by atoms with van der Waals surface area (Å²) >= 11 is 0. The highest BCUT2D eigenvalue weighted by Crippen LogP contribution is 2.20. The third-order valence-corrected chi connectivity index (χ3v) is 4.55. The lowest BCUT2D eigenvalue weighted by atomic mass is 10.1. The van der Waals surface area contributed by atoms with E-state index in [1.165, 1.54) is 16.8 Å². The zero-order chi connectivity index (χ0) is 17.1. The monoisotopic (exact) mass is 322 g/mol. The highest BCUT2D eigenvalue weighted by Gasteiger charge is 2.15. The zero-order valence-corrected chi connectivity index (χ0v) is 14.8. The van der Waals surface area contributed by atoms with Crippen molar-refractivity contribution < 1.29 is 0 Å². The van der Waals surface area contributed by atoms with E-state index in [1.54, 1.807) is 0 Å². The number of aryl methyl sites for hydroxylation is 1. The third kappa shape index (κ3) is 3.44. The fraction of sp³-hybridized carbons (Fsp3) is 0.350. The fourth-order valence-electron chi connectivity index (χ4n) is 3.14. The Hall–Kier alpha value is -2.33. The van der Waals surface area contributed by atoms with Gasteiger partial charge in [0, 0.05) is 24.8 Å². The molecule has 3 aromatic rings. The molecule has 2 aromatic heterocycles. The number of anilines is 1. The van der Waals surface area contributed by atoms with Crippen LogP contribution in [0.25, 0.3) is 5.65 Å². The number of nitrogen functional groups attached to an aromatic ring is 1. The van der Waals surface area contributed by atoms with Crippen molar-refractivity contribution in [3.05, 3.63) is 65.1 Å². The number of rotatable bonds is 6. The second-order valence-corrected chi connectivity index (χ2v) is 6.32. The first kappa shape index (κ1) is 16.5. The van der Waals surface area contributed by atoms with Crippen LogP contribution in [-0.4, -0.2) is 27.4 Å². The highest BCUT2D eigenvalue weighted by molar-refractivity contribution is 5.51. The average Bonchev–Trinajstić information content (AvgIpc) is 2.89. The van der Waals surface area contributed by atoms with E-state index in [-0.39, 0.29) is 0 Å². The summed E-state index contributed by atoms with van der Waals surface area (Å²) < 4.78 is 2.15. The number of hydrogen-bond acceptors (Lipinski definition) is 3. The van der Waals surface area contributed by atoms with Crippen LogP contribution in [0.1, 0.15) is 36.4 Å². The van der Waals surface area contributed by atoms with Crippen LogP contribution in [0.15, 0.2) is 42.6 Å². The molecule has 24 heavy (non-hydrogen) atoms. The molecule has 0 fully saturated rings. The van der Waals surface area contributed by atoms with Gasteiger partial charge in [-0.15, -0.1) is 0 Å². The molecule has 0 aliphatic carbocycles. The van der Waals surface area contributed by atoms with Gasteiger partial charge in [-0.2, -0.15) is 0 Å². The first-order valence-corrected chi connectivity index (χ1v) is 8.64. The van der Waals surface area contributed by atoms with Crippen molar-refractivity contribution in [3.8, 4) is 0 Å². The molecule has 0 spiro atoms. The maximum atomic E-state index is 6.01. The first-order chi connectivity index (χ1) is 11.6. The van der Waals surface area contributed by atoms with Gasteiger partial charge in [0.2, 0.25) is 0 Å². The number of nitrogens with two attached hydrogens (primary N) is 1. The van der Waals surface area contributed by atoms with Gasteiger partial charge in [0.1, 0.15) is 5.65 Å². The SMILES string of the molecule is CCN(CC)Cc1c(Cc2cccc(C)c2)nc2ccc(N)cn12. The van der Waals surface area contributed by atoms with Crippen LogP contribution >= 0.6 is 0 Å². The molecule has 0 saturated carbocycles. The molecule has 0 saturated heterocycles. The van der Waals surface area contributed by atoms with Crippen molar-refractivity contribution in [1.82, 2.24) is 14.3 Å². The summed E-state index contributed by atoms with van der Waals surface area (Å²) in [5.74, 6) is 0. The summed E-state index contributed by atoms with van der Waals surface area (Å²) in [6.07, 6.45) is 2.83. The van der Waals surface area contributed by atoms with Crippen molar-refractivity contribution in [3.63, 3.8) is 0 Å². The van der Waals surface area contributed by atoms with E-state index in [0.717, 1.165) is 43.1 Å². The standard InChI is InChI=1S/C20H26N4/c1-4-23(5-2)14-19-18(12-16-8-6-7-15(3)11-16)22-20-10-9-17(21)13-24(19)20/h6-11,13H,4-5,12,14,21H2,1-3H3. The molecule has 0 atom stereocenters. The van der Waals surface area contributed by atoms with Gasteiger partial charge in [0.15, 0.2) is 0 Å². The lowest BCUT2D eigenvalue weighted by Crippen LogP contribution is -2.23. The van der Waals surface area contributed by atoms with Crippen LogP contribution < -0.4 is 5.73 Å². The van der Waals surface area contributed by atoms with Crippen LogP contribution in [0.2, 0.25) is 0 Å². The van der Waals surface area contributed by atoms with Crippen LogP contribution in [0, 0.1) is 6.92 Å². The summed E-state index contributed by atoms with van der Waals surface area (Å²) in [7, 11) is 0. The predicted octanol–water partition coefficient (Wildman–Crippen LogP) is 3.66. The minimum Gasteiger partial charge on any atom is -0.398 e. The normalized spacial score (nSPS) is 11.5. The van der Waals surface area contributed by atoms with E-state index in [0.29, 0.717) is 0 Å². The molecule has 126 valence electrons. The topological polar surface area (TPSA) is 46.6 Å². The molecule has 0 bridgehead atoms. The summed E-state index contributed by atoms with van der Waals surface area (Å²) in [6, 6.07) is 12.6. The van der Waals surface area contributed by atoms with Gasteiger partial charge >= 0.3 is 0 Å². The van der Waals surface area contributed by atoms with E-state index >= 15 is 0 Å². The van der Waals surface area contributed by atoms with E-state index in [1.807, 2.05) is 18.3 Å². The molecule has 0 unspecified atom stereocenters. The van der Waals surface area contributed by atoms with E-state index < -0.39 is 0 Å². The molecular formula is C20H26N4. The van der Waals surface area contributed by atoms with Crippen LogP contribution in [0.3, 0.4) is 0 Å². The Morgan fingerprint density at radius 1 is 1.12 bits per heavy atom. The number of benzene rings is 1. The van der Waals surface area contributed by atoms with Gasteiger partial charge in [0.25, 0.3) is 0 Å². The molecule has 0 aliphatic heterocycles. The van der Waals surface area contributed by atoms with E-state index in [2.05, 4.69) is 54.3 Å². The minimum atomic E-state index is 0.766. The molecule has 0 amide bonds. The van der Waals surface area contributed by atoms with Crippen LogP contribution in [0.5, 0.6) is 0 Å². The summed E-state index contributed by atoms with van der Waals surface area (Å²) in [5.41, 5.74) is 12.7. The third-order valence-electron chi connectivity index (χ3n) is 4.55. The van der Waals surface area contributed by atoms with Gasteiger partial charge in [-0.1, -0.05) is 43.7 Å². The maximum Gasteiger partial charge on any atom is 0.137 e. The first-order valence-electron chi connectivity index (χ1n) is 8.64. The lowest BCUT2D eigenvalue weighted by Gasteiger charge is -2.18. The van der Waals surface area contributed by atoms with Gasteiger partial charge in [-0.3, -0.25) is 4.90 Å². The summed E-state index contributed by atoms with van der Waals surface area (Å²) in [4.78, 5) is 7.29. The van der Waals surface area contributed by atoms with Crippen molar-refractivity contribution in [1.29, 1.82) is 0 Å². The second kappa shape index (κ2) is 7.05. The maximum absolute atomic E-state index is 6.01. The Labute approximate surface area is 143 Å². The largest absolute Gasteiger partial charge is 0.398 e. The molecule has 0 radical (unpaired) electrons. The van der Waals surface area contributed by atoms with E-state index in [9.17, 15) is 0 Å². The molecular weight excluding hydrogens is 296 g/mol. The molecule has 3 rings (SSSR count). The van der Waals surface area contributed by atoms with Gasteiger partial charge < -0.3 is 10.1 Å². The summed E-state index contributed by atoms with van der Waals surface area (Å²) in [5, 5.41) is 0. The Morgan fingerprint density at radius 3 is 2.62 bits per heavy atom. The minimum absolute atomic E-state index is 0.766. The van der Waals surface area contributed by atoms with Gasteiger partial charge in [0.05, 0.1) is 11.4 Å². The quantitative estimate of drug-likeness (QED) is 0.753. The number of fused-ring (bicyclic) bond motifs is 1. The number of pyridine rings is 1. The van der Waals surface area contributed by atoms with Crippen molar-refractivity contribution >= 4 is 11.3 Å². The molecule has 4 nitrogen and oxygen atoms in total.